The zero-order valence-corrected chi connectivity index (χ0v) is 10.2. The van der Waals surface area contributed by atoms with Crippen molar-refractivity contribution in [1.82, 2.24) is 0 Å². The van der Waals surface area contributed by atoms with Crippen LogP contribution >= 0.6 is 0 Å². The van der Waals surface area contributed by atoms with Crippen molar-refractivity contribution in [2.24, 2.45) is 5.92 Å². The Morgan fingerprint density at radius 2 is 2.08 bits per heavy atom. The van der Waals surface area contributed by atoms with Crippen molar-refractivity contribution in [3.8, 4) is 0 Å². The second kappa shape index (κ2) is 5.73. The van der Waals surface area contributed by atoms with Crippen LogP contribution in [0.3, 0.4) is 0 Å². The highest BCUT2D eigenvalue weighted by atomic mass is 28.3. The topological polar surface area (TPSA) is 29.5 Å². The van der Waals surface area contributed by atoms with Gasteiger partial charge in [0.25, 0.3) is 0 Å². The molecule has 2 atom stereocenters. The number of aliphatic hydroxyl groups is 1. The molecule has 0 heterocycles. The van der Waals surface area contributed by atoms with E-state index < -0.39 is 21.3 Å². The summed E-state index contributed by atoms with van der Waals surface area (Å²) in [6.45, 7) is 7.77. The Bertz CT molecular complexity index is 140. The lowest BCUT2D eigenvalue weighted by Gasteiger charge is -2.22. The lowest BCUT2D eigenvalue weighted by Crippen LogP contribution is -2.28. The van der Waals surface area contributed by atoms with Gasteiger partial charge in [-0.05, 0) is 32.4 Å². The molecule has 0 aliphatic heterocycles. The lowest BCUT2D eigenvalue weighted by atomic mass is 9.96. The summed E-state index contributed by atoms with van der Waals surface area (Å²) < 4.78 is 18.8. The normalized spacial score (nSPS) is 18.7. The van der Waals surface area contributed by atoms with Crippen LogP contribution in [0.2, 0.25) is 13.1 Å². The van der Waals surface area contributed by atoms with Gasteiger partial charge < -0.3 is 9.53 Å². The average molecular weight is 208 g/mol. The van der Waals surface area contributed by atoms with Crippen LogP contribution in [0.15, 0.2) is 0 Å². The van der Waals surface area contributed by atoms with Crippen molar-refractivity contribution in [2.45, 2.75) is 39.0 Å². The van der Waals surface area contributed by atoms with Gasteiger partial charge in [0.15, 0.2) is 9.04 Å². The van der Waals surface area contributed by atoms with Crippen LogP contribution in [0, 0.1) is 5.92 Å². The summed E-state index contributed by atoms with van der Waals surface area (Å²) >= 11 is 0. The van der Waals surface area contributed by atoms with Crippen molar-refractivity contribution in [1.29, 1.82) is 0 Å². The van der Waals surface area contributed by atoms with Crippen molar-refractivity contribution in [3.05, 3.63) is 0 Å². The molecule has 4 heteroatoms. The summed E-state index contributed by atoms with van der Waals surface area (Å²) in [6.07, 6.45) is 0.366. The second-order valence-corrected chi connectivity index (χ2v) is 6.69. The maximum absolute atomic E-state index is 13.3. The monoisotopic (exact) mass is 208 g/mol. The van der Waals surface area contributed by atoms with E-state index in [1.807, 2.05) is 6.92 Å². The number of halogens is 1. The van der Waals surface area contributed by atoms with E-state index >= 15 is 0 Å². The van der Waals surface area contributed by atoms with E-state index in [-0.39, 0.29) is 5.92 Å². The Balaban J connectivity index is 3.67. The summed E-state index contributed by atoms with van der Waals surface area (Å²) in [5, 5.41) is 8.71. The first-order valence-electron chi connectivity index (χ1n) is 4.79. The number of alkyl halides is 1. The van der Waals surface area contributed by atoms with Gasteiger partial charge in [0, 0.05) is 6.61 Å². The van der Waals surface area contributed by atoms with Crippen molar-refractivity contribution in [3.63, 3.8) is 0 Å². The van der Waals surface area contributed by atoms with Crippen LogP contribution in [-0.4, -0.2) is 33.0 Å². The highest BCUT2D eigenvalue weighted by molar-refractivity contribution is 6.48. The smallest absolute Gasteiger partial charge is 0.170 e. The molecule has 0 aromatic rings. The molecule has 0 saturated heterocycles. The summed E-state index contributed by atoms with van der Waals surface area (Å²) in [4.78, 5) is 0. The maximum Gasteiger partial charge on any atom is 0.170 e. The SMILES string of the molecule is C[C@H](CO[SiH](C)C)C[C@@](C)(F)CO. The fourth-order valence-electron chi connectivity index (χ4n) is 1.21. The molecular formula is C9H21FO2Si. The van der Waals surface area contributed by atoms with Gasteiger partial charge in [-0.3, -0.25) is 0 Å². The number of hydrogen-bond acceptors (Lipinski definition) is 2. The van der Waals surface area contributed by atoms with Crippen LogP contribution < -0.4 is 0 Å². The predicted octanol–water partition coefficient (Wildman–Crippen LogP) is 1.73. The van der Waals surface area contributed by atoms with Gasteiger partial charge in [-0.25, -0.2) is 4.39 Å². The Morgan fingerprint density at radius 3 is 2.46 bits per heavy atom. The van der Waals surface area contributed by atoms with Gasteiger partial charge in [-0.15, -0.1) is 0 Å². The van der Waals surface area contributed by atoms with Crippen molar-refractivity contribution < 1.29 is 13.9 Å². The van der Waals surface area contributed by atoms with Crippen LogP contribution in [0.5, 0.6) is 0 Å². The van der Waals surface area contributed by atoms with Crippen LogP contribution in [0.25, 0.3) is 0 Å². The third-order valence-electron chi connectivity index (χ3n) is 1.82. The van der Waals surface area contributed by atoms with Gasteiger partial charge in [-0.2, -0.15) is 0 Å². The molecule has 0 bridgehead atoms. The molecule has 80 valence electrons. The molecular weight excluding hydrogens is 187 g/mol. The van der Waals surface area contributed by atoms with E-state index in [1.54, 1.807) is 0 Å². The Kier molecular flexibility index (Phi) is 5.75. The van der Waals surface area contributed by atoms with E-state index in [2.05, 4.69) is 13.1 Å². The van der Waals surface area contributed by atoms with E-state index in [1.165, 1.54) is 6.92 Å². The number of rotatable bonds is 6. The van der Waals surface area contributed by atoms with Gasteiger partial charge in [0.1, 0.15) is 5.67 Å². The summed E-state index contributed by atoms with van der Waals surface area (Å²) in [7, 11) is -0.988. The van der Waals surface area contributed by atoms with Gasteiger partial charge >= 0.3 is 0 Å². The minimum absolute atomic E-state index is 0.178. The minimum atomic E-state index is -1.46. The summed E-state index contributed by atoms with van der Waals surface area (Å²) in [5.74, 6) is 0.178. The zero-order valence-electron chi connectivity index (χ0n) is 9.01. The first-order valence-corrected chi connectivity index (χ1v) is 7.57. The largest absolute Gasteiger partial charge is 0.420 e. The molecule has 0 radical (unpaired) electrons. The minimum Gasteiger partial charge on any atom is -0.420 e. The van der Waals surface area contributed by atoms with E-state index in [0.29, 0.717) is 13.0 Å². The first kappa shape index (κ1) is 13.1. The van der Waals surface area contributed by atoms with Crippen molar-refractivity contribution >= 4 is 9.04 Å². The third-order valence-corrected chi connectivity index (χ3v) is 2.68. The maximum atomic E-state index is 13.3. The highest BCUT2D eigenvalue weighted by Crippen LogP contribution is 2.20. The standard InChI is InChI=1S/C9H21FO2Si/c1-8(6-12-13(3)4)5-9(2,10)7-11/h8,11,13H,5-7H2,1-4H3/t8-,9+/m0/s1. The predicted molar refractivity (Wildman–Crippen MR) is 55.2 cm³/mol. The molecule has 2 nitrogen and oxygen atoms in total. The van der Waals surface area contributed by atoms with Crippen LogP contribution in [0.1, 0.15) is 20.3 Å². The Labute approximate surface area is 81.8 Å². The van der Waals surface area contributed by atoms with Crippen molar-refractivity contribution in [2.75, 3.05) is 13.2 Å². The van der Waals surface area contributed by atoms with E-state index in [9.17, 15) is 4.39 Å². The fraction of sp³-hybridized carbons (Fsp3) is 1.00. The van der Waals surface area contributed by atoms with Crippen LogP contribution in [0.4, 0.5) is 4.39 Å². The third kappa shape index (κ3) is 7.16. The number of hydrogen-bond donors (Lipinski definition) is 1. The molecule has 0 spiro atoms. The van der Waals surface area contributed by atoms with Gasteiger partial charge in [0.2, 0.25) is 0 Å². The highest BCUT2D eigenvalue weighted by Gasteiger charge is 2.24. The molecule has 0 unspecified atom stereocenters. The van der Waals surface area contributed by atoms with Crippen LogP contribution in [-0.2, 0) is 4.43 Å². The number of aliphatic hydroxyl groups excluding tert-OH is 1. The Morgan fingerprint density at radius 1 is 1.54 bits per heavy atom. The molecule has 0 aliphatic carbocycles. The van der Waals surface area contributed by atoms with Gasteiger partial charge in [-0.1, -0.05) is 6.92 Å². The van der Waals surface area contributed by atoms with E-state index in [0.717, 1.165) is 0 Å². The molecule has 0 amide bonds. The molecule has 13 heavy (non-hydrogen) atoms. The Hall–Kier alpha value is 0.0669. The fourth-order valence-corrected chi connectivity index (χ4v) is 1.92. The van der Waals surface area contributed by atoms with Gasteiger partial charge in [0.05, 0.1) is 6.61 Å². The molecule has 0 aliphatic rings. The lowest BCUT2D eigenvalue weighted by molar-refractivity contribution is 0.0573. The molecule has 0 rings (SSSR count). The second-order valence-electron chi connectivity index (χ2n) is 4.26. The van der Waals surface area contributed by atoms with E-state index in [4.69, 9.17) is 9.53 Å². The first-order chi connectivity index (χ1) is 5.87. The zero-order chi connectivity index (χ0) is 10.5. The average Bonchev–Trinajstić information content (AvgIpc) is 2.00. The molecule has 0 aromatic carbocycles. The molecule has 0 saturated carbocycles. The summed E-state index contributed by atoms with van der Waals surface area (Å²) in [5.41, 5.74) is -1.46. The summed E-state index contributed by atoms with van der Waals surface area (Å²) in [6, 6.07) is 0. The molecule has 0 aromatic heterocycles. The molecule has 0 fully saturated rings. The molecule has 1 N–H and O–H groups in total. The quantitative estimate of drug-likeness (QED) is 0.674.